The van der Waals surface area contributed by atoms with Crippen LogP contribution in [0.1, 0.15) is 71.1 Å². The van der Waals surface area contributed by atoms with Gasteiger partial charge in [0.05, 0.1) is 11.0 Å². The Morgan fingerprint density at radius 3 is 1.76 bits per heavy atom. The zero-order chi connectivity index (χ0) is 25.9. The lowest BCUT2D eigenvalue weighted by molar-refractivity contribution is 0.251. The molecule has 4 rings (SSSR count). The van der Waals surface area contributed by atoms with E-state index in [1.165, 1.54) is 54.2 Å². The molecule has 1 saturated heterocycles. The number of nitrogens with zero attached hydrogens (tertiary/aromatic N) is 4. The molecule has 6 heteroatoms. The maximum Gasteiger partial charge on any atom is 0.329 e. The van der Waals surface area contributed by atoms with Gasteiger partial charge < -0.3 is 4.90 Å². The highest BCUT2D eigenvalue weighted by atomic mass is 127. The molecule has 202 valence electrons. The van der Waals surface area contributed by atoms with Crippen LogP contribution in [0.4, 0.5) is 5.69 Å². The molecule has 0 amide bonds. The number of rotatable bonds is 15. The molecule has 37 heavy (non-hydrogen) atoms. The van der Waals surface area contributed by atoms with Crippen LogP contribution in [-0.2, 0) is 13.1 Å². The Morgan fingerprint density at radius 1 is 0.649 bits per heavy atom. The topological polar surface area (TPSA) is 33.4 Å². The minimum atomic E-state index is 0.176. The van der Waals surface area contributed by atoms with Crippen LogP contribution in [0.2, 0.25) is 0 Å². The van der Waals surface area contributed by atoms with Gasteiger partial charge in [0.25, 0.3) is 0 Å². The van der Waals surface area contributed by atoms with Crippen molar-refractivity contribution >= 4 is 39.3 Å². The first-order valence-corrected chi connectivity index (χ1v) is 15.7. The molecule has 1 aliphatic rings. The molecule has 2 aromatic carbocycles. The third-order valence-corrected chi connectivity index (χ3v) is 8.55. The SMILES string of the molecule is CCCCCCCCCCn1c(=O)n(CCCCN2CCN(c3ccc(I)cc3)CC2)c2ccccc21. The Bertz CT molecular complexity index is 1130. The van der Waals surface area contributed by atoms with Crippen molar-refractivity contribution in [1.29, 1.82) is 0 Å². The summed E-state index contributed by atoms with van der Waals surface area (Å²) in [5, 5.41) is 0. The highest BCUT2D eigenvalue weighted by Crippen LogP contribution is 2.19. The van der Waals surface area contributed by atoms with Crippen LogP contribution in [0, 0.1) is 3.57 Å². The lowest BCUT2D eigenvalue weighted by Gasteiger charge is -2.36. The van der Waals surface area contributed by atoms with E-state index in [1.807, 2.05) is 9.13 Å². The van der Waals surface area contributed by atoms with Gasteiger partial charge in [0.2, 0.25) is 0 Å². The summed E-state index contributed by atoms with van der Waals surface area (Å²) >= 11 is 2.36. The van der Waals surface area contributed by atoms with E-state index in [-0.39, 0.29) is 5.69 Å². The van der Waals surface area contributed by atoms with Gasteiger partial charge in [0.1, 0.15) is 0 Å². The second kappa shape index (κ2) is 15.0. The minimum Gasteiger partial charge on any atom is -0.369 e. The van der Waals surface area contributed by atoms with Gasteiger partial charge in [-0.15, -0.1) is 0 Å². The number of aryl methyl sites for hydroxylation is 2. The van der Waals surface area contributed by atoms with E-state index in [9.17, 15) is 4.79 Å². The van der Waals surface area contributed by atoms with Gasteiger partial charge >= 0.3 is 5.69 Å². The summed E-state index contributed by atoms with van der Waals surface area (Å²) in [7, 11) is 0. The van der Waals surface area contributed by atoms with Crippen LogP contribution >= 0.6 is 22.6 Å². The van der Waals surface area contributed by atoms with E-state index in [4.69, 9.17) is 0 Å². The summed E-state index contributed by atoms with van der Waals surface area (Å²) in [5.41, 5.74) is 3.71. The fourth-order valence-electron chi connectivity index (χ4n) is 5.60. The van der Waals surface area contributed by atoms with Crippen LogP contribution in [0.15, 0.2) is 53.3 Å². The molecular weight excluding hydrogens is 571 g/mol. The van der Waals surface area contributed by atoms with E-state index >= 15 is 0 Å². The van der Waals surface area contributed by atoms with Crippen molar-refractivity contribution in [1.82, 2.24) is 14.0 Å². The first-order valence-electron chi connectivity index (χ1n) is 14.6. The Morgan fingerprint density at radius 2 is 1.16 bits per heavy atom. The van der Waals surface area contributed by atoms with E-state index in [0.29, 0.717) is 0 Å². The molecule has 0 saturated carbocycles. The minimum absolute atomic E-state index is 0.176. The number of para-hydroxylation sites is 2. The third-order valence-electron chi connectivity index (χ3n) is 7.83. The van der Waals surface area contributed by atoms with E-state index in [0.717, 1.165) is 76.1 Å². The number of piperazine rings is 1. The fourth-order valence-corrected chi connectivity index (χ4v) is 5.95. The molecule has 2 heterocycles. The Labute approximate surface area is 237 Å². The quantitative estimate of drug-likeness (QED) is 0.134. The van der Waals surface area contributed by atoms with Gasteiger partial charge in [0.15, 0.2) is 0 Å². The maximum atomic E-state index is 13.3. The molecule has 0 N–H and O–H groups in total. The first-order chi connectivity index (χ1) is 18.2. The third kappa shape index (κ3) is 8.09. The fraction of sp³-hybridized carbons (Fsp3) is 0.581. The maximum absolute atomic E-state index is 13.3. The van der Waals surface area contributed by atoms with Crippen LogP contribution in [-0.4, -0.2) is 46.8 Å². The number of imidazole rings is 1. The number of halogens is 1. The number of aromatic nitrogens is 2. The van der Waals surface area contributed by atoms with Gasteiger partial charge in [-0.1, -0.05) is 64.0 Å². The highest BCUT2D eigenvalue weighted by molar-refractivity contribution is 14.1. The van der Waals surface area contributed by atoms with Gasteiger partial charge in [-0.2, -0.15) is 0 Å². The molecule has 0 bridgehead atoms. The number of benzene rings is 2. The summed E-state index contributed by atoms with van der Waals surface area (Å²) in [5.74, 6) is 0. The molecule has 0 atom stereocenters. The van der Waals surface area contributed by atoms with Crippen molar-refractivity contribution in [3.8, 4) is 0 Å². The number of unbranched alkanes of at least 4 members (excludes halogenated alkanes) is 8. The van der Waals surface area contributed by atoms with Crippen molar-refractivity contribution in [2.45, 2.75) is 84.2 Å². The molecule has 0 radical (unpaired) electrons. The molecule has 0 unspecified atom stereocenters. The van der Waals surface area contributed by atoms with Crippen LogP contribution in [0.5, 0.6) is 0 Å². The number of hydrogen-bond donors (Lipinski definition) is 0. The predicted octanol–water partition coefficient (Wildman–Crippen LogP) is 7.15. The van der Waals surface area contributed by atoms with Crippen molar-refractivity contribution in [2.75, 3.05) is 37.6 Å². The molecule has 5 nitrogen and oxygen atoms in total. The second-order valence-electron chi connectivity index (χ2n) is 10.6. The monoisotopic (exact) mass is 616 g/mol. The Kier molecular flexibility index (Phi) is 11.4. The lowest BCUT2D eigenvalue weighted by Crippen LogP contribution is -2.46. The van der Waals surface area contributed by atoms with Crippen LogP contribution in [0.3, 0.4) is 0 Å². The highest BCUT2D eigenvalue weighted by Gasteiger charge is 2.17. The largest absolute Gasteiger partial charge is 0.369 e. The second-order valence-corrected chi connectivity index (χ2v) is 11.8. The summed E-state index contributed by atoms with van der Waals surface area (Å²) in [4.78, 5) is 18.4. The van der Waals surface area contributed by atoms with Gasteiger partial charge in [-0.25, -0.2) is 4.79 Å². The van der Waals surface area contributed by atoms with E-state index < -0.39 is 0 Å². The summed E-state index contributed by atoms with van der Waals surface area (Å²) < 4.78 is 5.33. The summed E-state index contributed by atoms with van der Waals surface area (Å²) in [6.07, 6.45) is 12.5. The Balaban J connectivity index is 1.21. The average molecular weight is 617 g/mol. The van der Waals surface area contributed by atoms with E-state index in [2.05, 4.69) is 87.8 Å². The summed E-state index contributed by atoms with van der Waals surface area (Å²) in [6.45, 7) is 9.44. The molecule has 1 aromatic heterocycles. The van der Waals surface area contributed by atoms with Crippen molar-refractivity contribution < 1.29 is 0 Å². The molecule has 1 aliphatic heterocycles. The van der Waals surface area contributed by atoms with Crippen LogP contribution in [0.25, 0.3) is 11.0 Å². The smallest absolute Gasteiger partial charge is 0.329 e. The number of hydrogen-bond acceptors (Lipinski definition) is 3. The van der Waals surface area contributed by atoms with Crippen LogP contribution < -0.4 is 10.6 Å². The standard InChI is InChI=1S/C31H45IN4O/c1-2-3-4-5-6-7-8-11-21-35-29-14-9-10-15-30(29)36(31(35)37)22-13-12-20-33-23-25-34(26-24-33)28-18-16-27(32)17-19-28/h9-10,14-19H,2-8,11-13,20-26H2,1H3. The van der Waals surface area contributed by atoms with Crippen molar-refractivity contribution in [3.05, 3.63) is 62.6 Å². The zero-order valence-corrected chi connectivity index (χ0v) is 24.9. The first kappa shape index (κ1) is 28.2. The number of fused-ring (bicyclic) bond motifs is 1. The van der Waals surface area contributed by atoms with Crippen molar-refractivity contribution in [2.24, 2.45) is 0 Å². The zero-order valence-electron chi connectivity index (χ0n) is 22.7. The average Bonchev–Trinajstić information content (AvgIpc) is 3.19. The molecule has 3 aromatic rings. The summed E-state index contributed by atoms with van der Waals surface area (Å²) in [6, 6.07) is 17.2. The van der Waals surface area contributed by atoms with Gasteiger partial charge in [0, 0.05) is 48.5 Å². The molecule has 0 spiro atoms. The Hall–Kier alpha value is -1.80. The molecular formula is C31H45IN4O. The molecule has 1 fully saturated rings. The van der Waals surface area contributed by atoms with Gasteiger partial charge in [-0.3, -0.25) is 14.0 Å². The van der Waals surface area contributed by atoms with E-state index in [1.54, 1.807) is 0 Å². The lowest BCUT2D eigenvalue weighted by atomic mass is 10.1. The predicted molar refractivity (Wildman–Crippen MR) is 166 cm³/mol. The molecule has 0 aliphatic carbocycles. The normalized spacial score (nSPS) is 14.6. The number of anilines is 1. The van der Waals surface area contributed by atoms with Gasteiger partial charge in [-0.05, 0) is 84.8 Å². The van der Waals surface area contributed by atoms with Crippen molar-refractivity contribution in [3.63, 3.8) is 0 Å².